The highest BCUT2D eigenvalue weighted by molar-refractivity contribution is 6.42. The van der Waals surface area contributed by atoms with E-state index in [0.717, 1.165) is 17.0 Å². The van der Waals surface area contributed by atoms with Crippen LogP contribution in [-0.4, -0.2) is 15.3 Å². The van der Waals surface area contributed by atoms with Gasteiger partial charge in [0.15, 0.2) is 0 Å². The molecule has 4 nitrogen and oxygen atoms in total. The first-order valence-corrected chi connectivity index (χ1v) is 7.97. The Kier molecular flexibility index (Phi) is 4.55. The van der Waals surface area contributed by atoms with Gasteiger partial charge in [-0.25, -0.2) is 4.98 Å². The summed E-state index contributed by atoms with van der Waals surface area (Å²) in [5.41, 5.74) is 3.52. The number of fused-ring (bicyclic) bond motifs is 1. The number of benzene rings is 1. The number of carbonyl (C=O) groups is 1. The average Bonchev–Trinajstić information content (AvgIpc) is 2.84. The smallest absolute Gasteiger partial charge is 0.224 e. The molecule has 0 atom stereocenters. The molecule has 1 N–H and O–H groups in total. The third-order valence-electron chi connectivity index (χ3n) is 3.62. The quantitative estimate of drug-likeness (QED) is 0.753. The number of imidazole rings is 1. The van der Waals surface area contributed by atoms with E-state index in [1.165, 1.54) is 0 Å². The van der Waals surface area contributed by atoms with Crippen molar-refractivity contribution in [1.29, 1.82) is 0 Å². The number of nitrogens with one attached hydrogen (secondary N) is 1. The summed E-state index contributed by atoms with van der Waals surface area (Å²) >= 11 is 11.8. The minimum atomic E-state index is -0.0753. The number of hydrogen-bond donors (Lipinski definition) is 1. The Morgan fingerprint density at radius 3 is 2.83 bits per heavy atom. The zero-order chi connectivity index (χ0) is 16.4. The van der Waals surface area contributed by atoms with Crippen LogP contribution in [0.5, 0.6) is 0 Å². The van der Waals surface area contributed by atoms with E-state index in [2.05, 4.69) is 10.3 Å². The van der Waals surface area contributed by atoms with E-state index in [1.54, 1.807) is 18.2 Å². The molecule has 118 valence electrons. The summed E-state index contributed by atoms with van der Waals surface area (Å²) in [4.78, 5) is 16.6. The van der Waals surface area contributed by atoms with Crippen LogP contribution in [0.2, 0.25) is 10.0 Å². The van der Waals surface area contributed by atoms with Gasteiger partial charge in [0.2, 0.25) is 5.91 Å². The lowest BCUT2D eigenvalue weighted by atomic mass is 10.2. The first-order chi connectivity index (χ1) is 11.0. The fraction of sp³-hybridized carbons (Fsp3) is 0.176. The van der Waals surface area contributed by atoms with E-state index in [1.807, 2.05) is 35.7 Å². The number of pyridine rings is 1. The van der Waals surface area contributed by atoms with Gasteiger partial charge in [0.05, 0.1) is 15.7 Å². The lowest BCUT2D eigenvalue weighted by Gasteiger charge is -2.07. The summed E-state index contributed by atoms with van der Waals surface area (Å²) in [6.07, 6.45) is 2.94. The second-order valence-corrected chi connectivity index (χ2v) is 6.06. The third kappa shape index (κ3) is 3.49. The summed E-state index contributed by atoms with van der Waals surface area (Å²) in [6.45, 7) is 1.96. The molecule has 0 spiro atoms. The predicted octanol–water partition coefficient (Wildman–Crippen LogP) is 4.52. The molecule has 1 aromatic carbocycles. The molecule has 1 amide bonds. The number of halogens is 2. The summed E-state index contributed by atoms with van der Waals surface area (Å²) in [5.74, 6) is -0.0753. The minimum Gasteiger partial charge on any atom is -0.326 e. The van der Waals surface area contributed by atoms with Crippen LogP contribution in [0, 0.1) is 6.92 Å². The van der Waals surface area contributed by atoms with Gasteiger partial charge in [-0.2, -0.15) is 0 Å². The number of amides is 1. The molecule has 0 aliphatic rings. The fourth-order valence-corrected chi connectivity index (χ4v) is 2.79. The maximum absolute atomic E-state index is 12.1. The van der Waals surface area contributed by atoms with Gasteiger partial charge in [-0.3, -0.25) is 4.79 Å². The van der Waals surface area contributed by atoms with Gasteiger partial charge in [0.1, 0.15) is 5.65 Å². The number of aryl methyl sites for hydroxylation is 2. The van der Waals surface area contributed by atoms with E-state index >= 15 is 0 Å². The van der Waals surface area contributed by atoms with Crippen LogP contribution in [0.4, 0.5) is 5.69 Å². The molecule has 0 fully saturated rings. The maximum atomic E-state index is 12.1. The molecule has 3 rings (SSSR count). The summed E-state index contributed by atoms with van der Waals surface area (Å²) < 4.78 is 2.02. The standard InChI is InChI=1S/C17H15Cl2N3O/c1-11-15(22-9-3-2-4-16(22)20-11)7-8-17(23)21-12-5-6-13(18)14(19)10-12/h2-6,9-10H,7-8H2,1H3,(H,21,23). The van der Waals surface area contributed by atoms with E-state index < -0.39 is 0 Å². The lowest BCUT2D eigenvalue weighted by molar-refractivity contribution is -0.116. The topological polar surface area (TPSA) is 46.4 Å². The molecule has 6 heteroatoms. The largest absolute Gasteiger partial charge is 0.326 e. The number of carbonyl (C=O) groups excluding carboxylic acids is 1. The molecule has 0 unspecified atom stereocenters. The monoisotopic (exact) mass is 347 g/mol. The highest BCUT2D eigenvalue weighted by Crippen LogP contribution is 2.25. The molecular weight excluding hydrogens is 333 g/mol. The molecule has 3 aromatic rings. The van der Waals surface area contributed by atoms with E-state index in [4.69, 9.17) is 23.2 Å². The van der Waals surface area contributed by atoms with Crippen molar-refractivity contribution in [2.75, 3.05) is 5.32 Å². The first-order valence-electron chi connectivity index (χ1n) is 7.22. The van der Waals surface area contributed by atoms with Crippen LogP contribution in [0.15, 0.2) is 42.6 Å². The van der Waals surface area contributed by atoms with Crippen LogP contribution in [0.25, 0.3) is 5.65 Å². The maximum Gasteiger partial charge on any atom is 0.224 e. The summed E-state index contributed by atoms with van der Waals surface area (Å²) in [6, 6.07) is 10.9. The SMILES string of the molecule is Cc1nc2ccccn2c1CCC(=O)Nc1ccc(Cl)c(Cl)c1. The molecule has 0 bridgehead atoms. The second-order valence-electron chi connectivity index (χ2n) is 5.25. The van der Waals surface area contributed by atoms with Gasteiger partial charge < -0.3 is 9.72 Å². The Morgan fingerprint density at radius 1 is 1.22 bits per heavy atom. The van der Waals surface area contributed by atoms with Crippen molar-refractivity contribution in [3.8, 4) is 0 Å². The Morgan fingerprint density at radius 2 is 2.04 bits per heavy atom. The van der Waals surface area contributed by atoms with Crippen LogP contribution < -0.4 is 5.32 Å². The second kappa shape index (κ2) is 6.60. The number of aromatic nitrogens is 2. The van der Waals surface area contributed by atoms with Crippen molar-refractivity contribution in [3.05, 3.63) is 64.0 Å². The molecule has 0 saturated carbocycles. The van der Waals surface area contributed by atoms with Crippen LogP contribution >= 0.6 is 23.2 Å². The third-order valence-corrected chi connectivity index (χ3v) is 4.36. The van der Waals surface area contributed by atoms with Gasteiger partial charge in [-0.05, 0) is 43.7 Å². The number of anilines is 1. The van der Waals surface area contributed by atoms with Crippen LogP contribution in [0.1, 0.15) is 17.8 Å². The average molecular weight is 348 g/mol. The number of nitrogens with zero attached hydrogens (tertiary/aromatic N) is 2. The fourth-order valence-electron chi connectivity index (χ4n) is 2.49. The van der Waals surface area contributed by atoms with Crippen LogP contribution in [0.3, 0.4) is 0 Å². The van der Waals surface area contributed by atoms with Crippen molar-refractivity contribution >= 4 is 40.4 Å². The minimum absolute atomic E-state index is 0.0753. The van der Waals surface area contributed by atoms with Gasteiger partial charge in [0, 0.05) is 24.0 Å². The molecule has 23 heavy (non-hydrogen) atoms. The lowest BCUT2D eigenvalue weighted by Crippen LogP contribution is -2.13. The zero-order valence-corrected chi connectivity index (χ0v) is 14.0. The molecular formula is C17H15Cl2N3O. The van der Waals surface area contributed by atoms with Crippen molar-refractivity contribution in [3.63, 3.8) is 0 Å². The summed E-state index contributed by atoms with van der Waals surface area (Å²) in [5, 5.41) is 3.71. The number of rotatable bonds is 4. The molecule has 0 aliphatic heterocycles. The van der Waals surface area contributed by atoms with Crippen molar-refractivity contribution in [1.82, 2.24) is 9.38 Å². The molecule has 2 aromatic heterocycles. The Balaban J connectivity index is 1.68. The van der Waals surface area contributed by atoms with Crippen molar-refractivity contribution in [2.45, 2.75) is 19.8 Å². The summed E-state index contributed by atoms with van der Waals surface area (Å²) in [7, 11) is 0. The molecule has 0 radical (unpaired) electrons. The normalized spacial score (nSPS) is 10.9. The Hall–Kier alpha value is -2.04. The first kappa shape index (κ1) is 15.8. The molecule has 0 aliphatic carbocycles. The van der Waals surface area contributed by atoms with E-state index in [0.29, 0.717) is 28.6 Å². The van der Waals surface area contributed by atoms with Crippen LogP contribution in [-0.2, 0) is 11.2 Å². The van der Waals surface area contributed by atoms with E-state index in [9.17, 15) is 4.79 Å². The zero-order valence-electron chi connectivity index (χ0n) is 12.5. The predicted molar refractivity (Wildman–Crippen MR) is 93.3 cm³/mol. The number of hydrogen-bond acceptors (Lipinski definition) is 2. The van der Waals surface area contributed by atoms with Gasteiger partial charge >= 0.3 is 0 Å². The van der Waals surface area contributed by atoms with Gasteiger partial charge in [-0.15, -0.1) is 0 Å². The van der Waals surface area contributed by atoms with Gasteiger partial charge in [0.25, 0.3) is 0 Å². The Bertz CT molecular complexity index is 873. The highest BCUT2D eigenvalue weighted by atomic mass is 35.5. The molecule has 0 saturated heterocycles. The van der Waals surface area contributed by atoms with Crippen molar-refractivity contribution in [2.24, 2.45) is 0 Å². The van der Waals surface area contributed by atoms with E-state index in [-0.39, 0.29) is 5.91 Å². The highest BCUT2D eigenvalue weighted by Gasteiger charge is 2.11. The Labute approximate surface area is 144 Å². The molecule has 2 heterocycles. The van der Waals surface area contributed by atoms with Gasteiger partial charge in [-0.1, -0.05) is 29.3 Å². The van der Waals surface area contributed by atoms with Crippen molar-refractivity contribution < 1.29 is 4.79 Å².